The van der Waals surface area contributed by atoms with Crippen molar-refractivity contribution in [3.8, 4) is 16.9 Å². The van der Waals surface area contributed by atoms with Crippen molar-refractivity contribution in [2.24, 2.45) is 0 Å². The van der Waals surface area contributed by atoms with E-state index in [1.165, 1.54) is 0 Å². The van der Waals surface area contributed by atoms with Crippen molar-refractivity contribution in [1.82, 2.24) is 0 Å². The lowest BCUT2D eigenvalue weighted by Gasteiger charge is -2.14. The summed E-state index contributed by atoms with van der Waals surface area (Å²) in [7, 11) is 1.57. The molecule has 0 spiro atoms. The Balaban J connectivity index is 1.85. The highest BCUT2D eigenvalue weighted by atomic mass is 16.5. The number of nitrogen functional groups attached to an aromatic ring is 1. The third kappa shape index (κ3) is 3.20. The van der Waals surface area contributed by atoms with Gasteiger partial charge in [0.15, 0.2) is 0 Å². The fourth-order valence-electron chi connectivity index (χ4n) is 2.60. The highest BCUT2D eigenvalue weighted by Gasteiger charge is 2.12. The minimum atomic E-state index is -0.715. The Labute approximate surface area is 136 Å². The van der Waals surface area contributed by atoms with E-state index in [-0.39, 0.29) is 0 Å². The van der Waals surface area contributed by atoms with Gasteiger partial charge in [-0.2, -0.15) is 0 Å². The smallest absolute Gasteiger partial charge is 0.141 e. The number of aliphatic hydroxyl groups excluding tert-OH is 1. The van der Waals surface area contributed by atoms with Crippen molar-refractivity contribution in [1.29, 1.82) is 0 Å². The summed E-state index contributed by atoms with van der Waals surface area (Å²) in [5.41, 5.74) is 10.3. The molecule has 0 radical (unpaired) electrons. The summed E-state index contributed by atoms with van der Waals surface area (Å²) in [4.78, 5) is 0. The van der Waals surface area contributed by atoms with E-state index in [2.05, 4.69) is 12.1 Å². The first-order valence-corrected chi connectivity index (χ1v) is 7.46. The molecule has 3 N–H and O–H groups in total. The predicted octanol–water partition coefficient (Wildman–Crippen LogP) is 4.03. The zero-order chi connectivity index (χ0) is 16.2. The van der Waals surface area contributed by atoms with Crippen molar-refractivity contribution in [2.45, 2.75) is 6.10 Å². The Morgan fingerprint density at radius 3 is 2.04 bits per heavy atom. The van der Waals surface area contributed by atoms with Crippen LogP contribution < -0.4 is 10.5 Å². The van der Waals surface area contributed by atoms with Gasteiger partial charge in [0, 0.05) is 0 Å². The fourth-order valence-corrected chi connectivity index (χ4v) is 2.60. The van der Waals surface area contributed by atoms with Crippen molar-refractivity contribution in [2.75, 3.05) is 12.8 Å². The van der Waals surface area contributed by atoms with Crippen LogP contribution in [-0.2, 0) is 0 Å². The van der Waals surface area contributed by atoms with Crippen LogP contribution in [0.25, 0.3) is 11.1 Å². The molecular weight excluding hydrogens is 286 g/mol. The molecule has 0 bridgehead atoms. The van der Waals surface area contributed by atoms with Gasteiger partial charge in [0.05, 0.1) is 12.8 Å². The molecule has 0 amide bonds. The monoisotopic (exact) mass is 305 g/mol. The van der Waals surface area contributed by atoms with E-state index in [4.69, 9.17) is 10.5 Å². The number of hydrogen-bond acceptors (Lipinski definition) is 3. The summed E-state index contributed by atoms with van der Waals surface area (Å²) in [5.74, 6) is 0.611. The second kappa shape index (κ2) is 6.55. The highest BCUT2D eigenvalue weighted by Crippen LogP contribution is 2.29. The van der Waals surface area contributed by atoms with Crippen LogP contribution in [0.3, 0.4) is 0 Å². The molecule has 0 aliphatic heterocycles. The zero-order valence-corrected chi connectivity index (χ0v) is 12.9. The maximum Gasteiger partial charge on any atom is 0.141 e. The van der Waals surface area contributed by atoms with E-state index >= 15 is 0 Å². The molecule has 0 aromatic heterocycles. The Hall–Kier alpha value is -2.78. The van der Waals surface area contributed by atoms with Crippen LogP contribution in [0.2, 0.25) is 0 Å². The molecule has 0 saturated carbocycles. The third-order valence-electron chi connectivity index (χ3n) is 3.90. The SMILES string of the molecule is COc1ccc([C@H](O)c2ccc(-c3ccccc3)cc2)cc1N. The highest BCUT2D eigenvalue weighted by molar-refractivity contribution is 5.63. The molecule has 0 aliphatic carbocycles. The number of aliphatic hydroxyl groups is 1. The van der Waals surface area contributed by atoms with Gasteiger partial charge in [-0.3, -0.25) is 0 Å². The van der Waals surface area contributed by atoms with Crippen molar-refractivity contribution in [3.05, 3.63) is 83.9 Å². The molecule has 116 valence electrons. The lowest BCUT2D eigenvalue weighted by Crippen LogP contribution is -2.01. The molecule has 3 rings (SSSR count). The zero-order valence-electron chi connectivity index (χ0n) is 12.9. The summed E-state index contributed by atoms with van der Waals surface area (Å²) >= 11 is 0. The molecule has 3 heteroatoms. The van der Waals surface area contributed by atoms with Gasteiger partial charge in [-0.05, 0) is 34.4 Å². The van der Waals surface area contributed by atoms with Gasteiger partial charge in [-0.15, -0.1) is 0 Å². The topological polar surface area (TPSA) is 55.5 Å². The van der Waals surface area contributed by atoms with Crippen molar-refractivity contribution < 1.29 is 9.84 Å². The number of rotatable bonds is 4. The third-order valence-corrected chi connectivity index (χ3v) is 3.90. The van der Waals surface area contributed by atoms with Crippen molar-refractivity contribution >= 4 is 5.69 Å². The Morgan fingerprint density at radius 1 is 0.826 bits per heavy atom. The molecule has 0 unspecified atom stereocenters. The van der Waals surface area contributed by atoms with Gasteiger partial charge in [-0.25, -0.2) is 0 Å². The first-order chi connectivity index (χ1) is 11.2. The molecule has 3 nitrogen and oxygen atoms in total. The molecule has 0 aliphatic rings. The van der Waals surface area contributed by atoms with Crippen LogP contribution in [0.4, 0.5) is 5.69 Å². The van der Waals surface area contributed by atoms with Crippen LogP contribution in [0.5, 0.6) is 5.75 Å². The van der Waals surface area contributed by atoms with Gasteiger partial charge in [0.25, 0.3) is 0 Å². The number of nitrogens with two attached hydrogens (primary N) is 1. The average Bonchev–Trinajstić information content (AvgIpc) is 2.62. The van der Waals surface area contributed by atoms with E-state index in [1.54, 1.807) is 19.2 Å². The van der Waals surface area contributed by atoms with Gasteiger partial charge < -0.3 is 15.6 Å². The first-order valence-electron chi connectivity index (χ1n) is 7.46. The lowest BCUT2D eigenvalue weighted by atomic mass is 9.98. The average molecular weight is 305 g/mol. The molecule has 0 fully saturated rings. The lowest BCUT2D eigenvalue weighted by molar-refractivity contribution is 0.220. The van der Waals surface area contributed by atoms with Crippen LogP contribution in [0.15, 0.2) is 72.8 Å². The van der Waals surface area contributed by atoms with Crippen LogP contribution >= 0.6 is 0 Å². The van der Waals surface area contributed by atoms with Gasteiger partial charge in [0.2, 0.25) is 0 Å². The maximum atomic E-state index is 10.5. The molecule has 23 heavy (non-hydrogen) atoms. The normalized spacial score (nSPS) is 11.9. The molecule has 3 aromatic rings. The van der Waals surface area contributed by atoms with E-state index in [0.717, 1.165) is 22.3 Å². The quantitative estimate of drug-likeness (QED) is 0.716. The van der Waals surface area contributed by atoms with Crippen molar-refractivity contribution in [3.63, 3.8) is 0 Å². The summed E-state index contributed by atoms with van der Waals surface area (Å²) < 4.78 is 5.14. The fraction of sp³-hybridized carbons (Fsp3) is 0.100. The van der Waals surface area contributed by atoms with Gasteiger partial charge in [0.1, 0.15) is 11.9 Å². The van der Waals surface area contributed by atoms with Gasteiger partial charge >= 0.3 is 0 Å². The predicted molar refractivity (Wildman–Crippen MR) is 93.3 cm³/mol. The first kappa shape index (κ1) is 15.1. The minimum Gasteiger partial charge on any atom is -0.495 e. The summed E-state index contributed by atoms with van der Waals surface area (Å²) in [6, 6.07) is 23.4. The largest absolute Gasteiger partial charge is 0.495 e. The number of ether oxygens (including phenoxy) is 1. The number of benzene rings is 3. The Kier molecular flexibility index (Phi) is 4.31. The molecule has 0 saturated heterocycles. The number of methoxy groups -OCH3 is 1. The standard InChI is InChI=1S/C20H19NO2/c1-23-19-12-11-17(13-18(19)21)20(22)16-9-7-15(8-10-16)14-5-3-2-4-6-14/h2-13,20,22H,21H2,1H3/t20-/m1/s1. The molecule has 0 heterocycles. The van der Waals surface area contributed by atoms with Crippen LogP contribution in [0, 0.1) is 0 Å². The number of anilines is 1. The van der Waals surface area contributed by atoms with E-state index in [0.29, 0.717) is 11.4 Å². The van der Waals surface area contributed by atoms with E-state index in [9.17, 15) is 5.11 Å². The van der Waals surface area contributed by atoms with E-state index < -0.39 is 6.10 Å². The minimum absolute atomic E-state index is 0.518. The Bertz CT molecular complexity index is 782. The summed E-state index contributed by atoms with van der Waals surface area (Å²) in [6.07, 6.45) is -0.715. The Morgan fingerprint density at radius 2 is 1.43 bits per heavy atom. The molecular formula is C20H19NO2. The number of hydrogen-bond donors (Lipinski definition) is 2. The second-order valence-corrected chi connectivity index (χ2v) is 5.39. The summed E-state index contributed by atoms with van der Waals surface area (Å²) in [6.45, 7) is 0. The maximum absolute atomic E-state index is 10.5. The van der Waals surface area contributed by atoms with E-state index in [1.807, 2.05) is 48.5 Å². The van der Waals surface area contributed by atoms with Gasteiger partial charge in [-0.1, -0.05) is 60.7 Å². The summed E-state index contributed by atoms with van der Waals surface area (Å²) in [5, 5.41) is 10.5. The molecule has 3 aromatic carbocycles. The van der Waals surface area contributed by atoms with Crippen LogP contribution in [-0.4, -0.2) is 12.2 Å². The second-order valence-electron chi connectivity index (χ2n) is 5.39. The molecule has 1 atom stereocenters. The van der Waals surface area contributed by atoms with Crippen LogP contribution in [0.1, 0.15) is 17.2 Å².